The molecule has 4 aliphatic heterocycles. The Morgan fingerprint density at radius 1 is 0.277 bits per heavy atom. The molecule has 2 aromatic heterocycles. The maximum absolute atomic E-state index is 7.58. The van der Waals surface area contributed by atoms with Crippen LogP contribution < -0.4 is 57.3 Å². The first-order valence-electron chi connectivity index (χ1n) is 32.1. The normalized spacial score (nSPS) is 13.2. The third-order valence-electron chi connectivity index (χ3n) is 19.6. The summed E-state index contributed by atoms with van der Waals surface area (Å²) in [6.07, 6.45) is 0. The van der Waals surface area contributed by atoms with Gasteiger partial charge in [-0.25, -0.2) is 0 Å². The first-order chi connectivity index (χ1) is 46.7. The van der Waals surface area contributed by atoms with Crippen molar-refractivity contribution in [1.29, 1.82) is 0 Å². The molecule has 438 valence electrons. The standard InChI is InChI=1S/C84H53B2N5O2S/c1-8-26-54(27-9-1)87(55-28-10-2-11-29-55)61-44-46-63-65-50-74-79-81(82(65)92-76(63)48-61)91(60-38-20-7-21-39-60)71-42-24-22-40-67(71)85(79)69-52-70-73(53-72(69)89(74)58-34-16-5-17-35-58)90(59-36-18-6-19-37-59)75-51-66-64-47-45-62(88(56-30-12-3-13-31-56)57-32-14-4-15-33-57)49-77(64)93-83(66)84-80(75)86(70)68-41-23-25-43-78(68)94-84/h1-53H. The Labute approximate surface area is 548 Å². The van der Waals surface area contributed by atoms with Crippen LogP contribution in [0.3, 0.4) is 0 Å². The molecule has 0 unspecified atom stereocenters. The average Bonchev–Trinajstić information content (AvgIpc) is 1.28. The lowest BCUT2D eigenvalue weighted by molar-refractivity contribution is 0.661. The van der Waals surface area contributed by atoms with Gasteiger partial charge in [0.05, 0.1) is 10.6 Å². The molecule has 10 heteroatoms. The SMILES string of the molecule is c1ccc(N(c2ccccc2)c2ccc3c(c2)oc2c4c5c(cc23)N(c2ccccc2)c2cc3c(cc2B5c2ccccc2S4)B2c4ccccc4N(c4ccccc4)c4c2c(cc2c4oc4cc(N(c5ccccc5)c5ccccc5)ccc42)N3c2ccccc2)cc1. The maximum Gasteiger partial charge on any atom is 0.252 e. The fraction of sp³-hybridized carbons (Fsp3) is 0. The van der Waals surface area contributed by atoms with Crippen LogP contribution in [0.4, 0.5) is 85.3 Å². The number of fused-ring (bicyclic) bond motifs is 16. The molecule has 0 radical (unpaired) electrons. The molecule has 20 rings (SSSR count). The van der Waals surface area contributed by atoms with Crippen LogP contribution in [0.5, 0.6) is 0 Å². The Morgan fingerprint density at radius 2 is 0.681 bits per heavy atom. The zero-order valence-corrected chi connectivity index (χ0v) is 51.5. The summed E-state index contributed by atoms with van der Waals surface area (Å²) >= 11 is 1.84. The minimum Gasteiger partial charge on any atom is -0.455 e. The van der Waals surface area contributed by atoms with Gasteiger partial charge in [-0.15, -0.1) is 0 Å². The molecule has 0 bridgehead atoms. The number of hydrogen-bond acceptors (Lipinski definition) is 8. The number of hydrogen-bond donors (Lipinski definition) is 0. The Bertz CT molecular complexity index is 5620. The minimum atomic E-state index is -0.209. The average molecular weight is 1220 g/mol. The number of nitrogens with zero attached hydrogens (tertiary/aromatic N) is 5. The molecule has 7 nitrogen and oxygen atoms in total. The van der Waals surface area contributed by atoms with Gasteiger partial charge in [0.2, 0.25) is 6.71 Å². The summed E-state index contributed by atoms with van der Waals surface area (Å²) in [4.78, 5) is 14.6. The molecule has 0 N–H and O–H groups in total. The first-order valence-corrected chi connectivity index (χ1v) is 32.9. The Kier molecular flexibility index (Phi) is 11.7. The van der Waals surface area contributed by atoms with Crippen LogP contribution in [0.25, 0.3) is 43.9 Å². The van der Waals surface area contributed by atoms with Crippen molar-refractivity contribution in [2.75, 3.05) is 24.5 Å². The molecule has 0 fully saturated rings. The van der Waals surface area contributed by atoms with E-state index in [-0.39, 0.29) is 13.4 Å². The van der Waals surface area contributed by atoms with E-state index in [0.717, 1.165) is 134 Å². The summed E-state index contributed by atoms with van der Waals surface area (Å²) < 4.78 is 15.0. The second-order valence-electron chi connectivity index (χ2n) is 24.7. The van der Waals surface area contributed by atoms with Crippen LogP contribution in [-0.2, 0) is 0 Å². The number of furan rings is 2. The second-order valence-corrected chi connectivity index (χ2v) is 25.7. The molecule has 4 aliphatic rings. The van der Waals surface area contributed by atoms with Crippen molar-refractivity contribution in [2.24, 2.45) is 0 Å². The molecule has 16 aromatic rings. The molecule has 94 heavy (non-hydrogen) atoms. The predicted molar refractivity (Wildman–Crippen MR) is 394 cm³/mol. The third kappa shape index (κ3) is 7.90. The Balaban J connectivity index is 0.857. The van der Waals surface area contributed by atoms with Gasteiger partial charge >= 0.3 is 0 Å². The monoisotopic (exact) mass is 1220 g/mol. The smallest absolute Gasteiger partial charge is 0.252 e. The highest BCUT2D eigenvalue weighted by Crippen LogP contribution is 2.53. The summed E-state index contributed by atoms with van der Waals surface area (Å²) in [5, 5.41) is 4.24. The topological polar surface area (TPSA) is 42.5 Å². The van der Waals surface area contributed by atoms with Crippen LogP contribution in [-0.4, -0.2) is 13.4 Å². The van der Waals surface area contributed by atoms with Gasteiger partial charge in [0.1, 0.15) is 16.7 Å². The summed E-state index contributed by atoms with van der Waals surface area (Å²) in [5.41, 5.74) is 27.0. The molecule has 6 heterocycles. The number of rotatable bonds is 9. The van der Waals surface area contributed by atoms with E-state index in [4.69, 9.17) is 8.83 Å². The van der Waals surface area contributed by atoms with Crippen LogP contribution in [0.1, 0.15) is 0 Å². The van der Waals surface area contributed by atoms with E-state index in [0.29, 0.717) is 0 Å². The Morgan fingerprint density at radius 3 is 1.19 bits per heavy atom. The lowest BCUT2D eigenvalue weighted by Gasteiger charge is -2.46. The van der Waals surface area contributed by atoms with E-state index in [9.17, 15) is 0 Å². The first kappa shape index (κ1) is 52.9. The molecule has 0 saturated carbocycles. The highest BCUT2D eigenvalue weighted by molar-refractivity contribution is 8.00. The molecule has 14 aromatic carbocycles. The second kappa shape index (κ2) is 20.8. The highest BCUT2D eigenvalue weighted by Gasteiger charge is 2.49. The minimum absolute atomic E-state index is 0.147. The summed E-state index contributed by atoms with van der Waals surface area (Å²) in [6, 6.07) is 117. The van der Waals surface area contributed by atoms with Gasteiger partial charge in [0, 0.05) is 118 Å². The maximum atomic E-state index is 7.58. The quantitative estimate of drug-likeness (QED) is 0.132. The van der Waals surface area contributed by atoms with E-state index >= 15 is 0 Å². The number of benzene rings is 14. The molecular formula is C84H53B2N5O2S. The summed E-state index contributed by atoms with van der Waals surface area (Å²) in [7, 11) is 0. The van der Waals surface area contributed by atoms with Crippen molar-refractivity contribution in [3.8, 4) is 0 Å². The number of anilines is 15. The van der Waals surface area contributed by atoms with E-state index < -0.39 is 0 Å². The molecule has 0 amide bonds. The van der Waals surface area contributed by atoms with Crippen LogP contribution in [0.15, 0.2) is 340 Å². The summed E-state index contributed by atoms with van der Waals surface area (Å²) in [6.45, 7) is -0.356. The van der Waals surface area contributed by atoms with Crippen molar-refractivity contribution in [3.63, 3.8) is 0 Å². The van der Waals surface area contributed by atoms with Crippen molar-refractivity contribution in [2.45, 2.75) is 9.79 Å². The fourth-order valence-corrected chi connectivity index (χ4v) is 16.9. The van der Waals surface area contributed by atoms with Crippen LogP contribution in [0, 0.1) is 0 Å². The van der Waals surface area contributed by atoms with Gasteiger partial charge in [-0.1, -0.05) is 187 Å². The van der Waals surface area contributed by atoms with E-state index in [1.807, 2.05) is 11.8 Å². The van der Waals surface area contributed by atoms with Gasteiger partial charge in [-0.3, -0.25) is 0 Å². The predicted octanol–water partition coefficient (Wildman–Crippen LogP) is 19.3. The molecule has 0 saturated heterocycles. The van der Waals surface area contributed by atoms with Crippen molar-refractivity contribution in [3.05, 3.63) is 322 Å². The Hall–Kier alpha value is -11.8. The van der Waals surface area contributed by atoms with Gasteiger partial charge in [-0.2, -0.15) is 0 Å². The van der Waals surface area contributed by atoms with E-state index in [2.05, 4.69) is 346 Å². The van der Waals surface area contributed by atoms with Crippen molar-refractivity contribution < 1.29 is 8.83 Å². The lowest BCUT2D eigenvalue weighted by atomic mass is 9.30. The van der Waals surface area contributed by atoms with Crippen molar-refractivity contribution in [1.82, 2.24) is 0 Å². The van der Waals surface area contributed by atoms with Gasteiger partial charge in [-0.05, 0) is 167 Å². The molecule has 0 spiro atoms. The molecular weight excluding hydrogens is 1160 g/mol. The summed E-state index contributed by atoms with van der Waals surface area (Å²) in [5.74, 6) is 0. The van der Waals surface area contributed by atoms with Gasteiger partial charge in [0.15, 0.2) is 5.58 Å². The van der Waals surface area contributed by atoms with Crippen molar-refractivity contribution >= 4 is 187 Å². The van der Waals surface area contributed by atoms with Crippen LogP contribution in [0.2, 0.25) is 0 Å². The number of para-hydroxylation sites is 8. The van der Waals surface area contributed by atoms with E-state index in [1.54, 1.807) is 0 Å². The lowest BCUT2D eigenvalue weighted by Crippen LogP contribution is -2.64. The molecule has 0 aliphatic carbocycles. The zero-order valence-electron chi connectivity index (χ0n) is 50.7. The zero-order chi connectivity index (χ0) is 61.5. The fourth-order valence-electron chi connectivity index (χ4n) is 15.7. The molecule has 0 atom stereocenters. The van der Waals surface area contributed by atoms with Crippen LogP contribution >= 0.6 is 11.8 Å². The largest absolute Gasteiger partial charge is 0.455 e. The van der Waals surface area contributed by atoms with E-state index in [1.165, 1.54) is 37.7 Å². The van der Waals surface area contributed by atoms with Gasteiger partial charge < -0.3 is 33.3 Å². The van der Waals surface area contributed by atoms with Gasteiger partial charge in [0.25, 0.3) is 6.71 Å². The third-order valence-corrected chi connectivity index (χ3v) is 20.8. The highest BCUT2D eigenvalue weighted by atomic mass is 32.2.